The minimum atomic E-state index is -1.34. The topological polar surface area (TPSA) is 74.5 Å². The van der Waals surface area contributed by atoms with Crippen LogP contribution in [0.4, 0.5) is 10.5 Å². The average Bonchev–Trinajstić information content (AvgIpc) is 3.00. The van der Waals surface area contributed by atoms with Crippen LogP contribution in [0.2, 0.25) is 5.02 Å². The number of rotatable bonds is 4. The minimum Gasteiger partial charge on any atom is -0.458 e. The van der Waals surface area contributed by atoms with Gasteiger partial charge in [0.05, 0.1) is 17.3 Å². The van der Waals surface area contributed by atoms with Crippen molar-refractivity contribution in [2.45, 2.75) is 12.5 Å². The van der Waals surface area contributed by atoms with E-state index in [1.807, 2.05) is 24.3 Å². The largest absolute Gasteiger partial charge is 0.458 e. The van der Waals surface area contributed by atoms with Crippen LogP contribution in [-0.4, -0.2) is 17.7 Å². The highest BCUT2D eigenvalue weighted by Gasteiger charge is 2.28. The number of carbonyl (C=O) groups is 1. The van der Waals surface area contributed by atoms with Gasteiger partial charge >= 0.3 is 6.03 Å². The maximum absolute atomic E-state index is 12.0. The molecule has 0 saturated carbocycles. The lowest BCUT2D eigenvalue weighted by molar-refractivity contribution is 0.0388. The summed E-state index contributed by atoms with van der Waals surface area (Å²) in [6, 6.07) is 15.7. The van der Waals surface area contributed by atoms with E-state index in [1.54, 1.807) is 37.3 Å². The second-order valence-corrected chi connectivity index (χ2v) is 6.12. The third kappa shape index (κ3) is 3.53. The summed E-state index contributed by atoms with van der Waals surface area (Å²) in [5.41, 5.74) is -0.148. The Hall–Kier alpha value is -2.50. The number of benzene rings is 2. The molecule has 3 aromatic rings. The molecule has 1 heterocycles. The molecule has 0 radical (unpaired) electrons. The van der Waals surface area contributed by atoms with Crippen LogP contribution in [0, 0.1) is 0 Å². The number of furan rings is 1. The maximum Gasteiger partial charge on any atom is 0.319 e. The van der Waals surface area contributed by atoms with Gasteiger partial charge in [0, 0.05) is 5.39 Å². The fourth-order valence-corrected chi connectivity index (χ4v) is 2.50. The first-order valence-corrected chi connectivity index (χ1v) is 7.84. The van der Waals surface area contributed by atoms with E-state index in [0.29, 0.717) is 22.1 Å². The van der Waals surface area contributed by atoms with Gasteiger partial charge in [-0.2, -0.15) is 0 Å². The van der Waals surface area contributed by atoms with Crippen LogP contribution in [0.5, 0.6) is 0 Å². The Balaban J connectivity index is 1.66. The molecule has 3 rings (SSSR count). The molecule has 1 aromatic heterocycles. The monoisotopic (exact) mass is 344 g/mol. The van der Waals surface area contributed by atoms with E-state index in [0.717, 1.165) is 5.39 Å². The number of urea groups is 1. The van der Waals surface area contributed by atoms with Crippen molar-refractivity contribution in [1.29, 1.82) is 0 Å². The third-order valence-electron chi connectivity index (χ3n) is 3.67. The molecule has 24 heavy (non-hydrogen) atoms. The van der Waals surface area contributed by atoms with Gasteiger partial charge in [-0.25, -0.2) is 4.79 Å². The summed E-state index contributed by atoms with van der Waals surface area (Å²) in [5, 5.41) is 17.2. The summed E-state index contributed by atoms with van der Waals surface area (Å²) in [4.78, 5) is 12.0. The van der Waals surface area contributed by atoms with Gasteiger partial charge in [0.2, 0.25) is 0 Å². The predicted octanol–water partition coefficient (Wildman–Crippen LogP) is 4.12. The summed E-state index contributed by atoms with van der Waals surface area (Å²) in [5.74, 6) is 0.391. The third-order valence-corrected chi connectivity index (χ3v) is 4.00. The summed E-state index contributed by atoms with van der Waals surface area (Å²) >= 11 is 5.99. The molecule has 3 N–H and O–H groups in total. The zero-order valence-corrected chi connectivity index (χ0v) is 13.8. The zero-order chi connectivity index (χ0) is 17.2. The van der Waals surface area contributed by atoms with Gasteiger partial charge in [0.25, 0.3) is 0 Å². The lowest BCUT2D eigenvalue weighted by Crippen LogP contribution is -2.40. The summed E-state index contributed by atoms with van der Waals surface area (Å²) in [6.45, 7) is 1.57. The molecule has 6 heteroatoms. The Morgan fingerprint density at radius 2 is 1.92 bits per heavy atom. The van der Waals surface area contributed by atoms with Crippen LogP contribution in [0.25, 0.3) is 11.0 Å². The van der Waals surface area contributed by atoms with Gasteiger partial charge in [-0.3, -0.25) is 0 Å². The quantitative estimate of drug-likeness (QED) is 0.666. The molecule has 0 fully saturated rings. The summed E-state index contributed by atoms with van der Waals surface area (Å²) in [6.07, 6.45) is 0. The lowest BCUT2D eigenvalue weighted by Gasteiger charge is -2.21. The van der Waals surface area contributed by atoms with Crippen molar-refractivity contribution in [3.8, 4) is 0 Å². The molecule has 5 nitrogen and oxygen atoms in total. The van der Waals surface area contributed by atoms with Crippen molar-refractivity contribution >= 4 is 34.3 Å². The standard InChI is InChI=1S/C18H17ClN2O3/c1-18(23,16-10-12-6-2-5-9-15(12)24-16)11-20-17(22)21-14-8-4-3-7-13(14)19/h2-10,23H,11H2,1H3,(H2,20,21,22)/t18-/m1/s1. The normalized spacial score (nSPS) is 13.5. The first kappa shape index (κ1) is 16.4. The molecule has 2 amide bonds. The summed E-state index contributed by atoms with van der Waals surface area (Å²) < 4.78 is 5.66. The second kappa shape index (κ2) is 6.55. The first-order valence-electron chi connectivity index (χ1n) is 7.46. The van der Waals surface area contributed by atoms with Crippen molar-refractivity contribution in [2.75, 3.05) is 11.9 Å². The molecule has 0 spiro atoms. The van der Waals surface area contributed by atoms with Gasteiger partial charge in [-0.1, -0.05) is 41.9 Å². The molecule has 2 aromatic carbocycles. The fourth-order valence-electron chi connectivity index (χ4n) is 2.32. The molecular formula is C18H17ClN2O3. The molecule has 0 saturated heterocycles. The average molecular weight is 345 g/mol. The number of anilines is 1. The van der Waals surface area contributed by atoms with Crippen LogP contribution in [0.3, 0.4) is 0 Å². The predicted molar refractivity (Wildman–Crippen MR) is 94.3 cm³/mol. The number of nitrogens with one attached hydrogen (secondary N) is 2. The van der Waals surface area contributed by atoms with Gasteiger partial charge in [-0.05, 0) is 31.2 Å². The molecular weight excluding hydrogens is 328 g/mol. The van der Waals surface area contributed by atoms with Crippen LogP contribution >= 0.6 is 11.6 Å². The van der Waals surface area contributed by atoms with E-state index in [9.17, 15) is 9.90 Å². The SMILES string of the molecule is C[C@@](O)(CNC(=O)Nc1ccccc1Cl)c1cc2ccccc2o1. The molecule has 0 bridgehead atoms. The van der Waals surface area contributed by atoms with Crippen LogP contribution in [0.15, 0.2) is 59.0 Å². The molecule has 124 valence electrons. The smallest absolute Gasteiger partial charge is 0.319 e. The van der Waals surface area contributed by atoms with E-state index >= 15 is 0 Å². The number of amides is 2. The van der Waals surface area contributed by atoms with Crippen molar-refractivity contribution < 1.29 is 14.3 Å². The minimum absolute atomic E-state index is 0.0108. The number of carbonyl (C=O) groups excluding carboxylic acids is 1. The number of halogens is 1. The van der Waals surface area contributed by atoms with Crippen molar-refractivity contribution in [2.24, 2.45) is 0 Å². The van der Waals surface area contributed by atoms with E-state index in [-0.39, 0.29) is 6.54 Å². The van der Waals surface area contributed by atoms with E-state index in [4.69, 9.17) is 16.0 Å². The Labute approximate surface area is 144 Å². The molecule has 0 aliphatic carbocycles. The van der Waals surface area contributed by atoms with Gasteiger partial charge < -0.3 is 20.2 Å². The Bertz CT molecular complexity index is 840. The lowest BCUT2D eigenvalue weighted by atomic mass is 10.0. The first-order chi connectivity index (χ1) is 11.5. The molecule has 0 aliphatic rings. The maximum atomic E-state index is 12.0. The Morgan fingerprint density at radius 1 is 1.21 bits per heavy atom. The van der Waals surface area contributed by atoms with Crippen LogP contribution in [0.1, 0.15) is 12.7 Å². The van der Waals surface area contributed by atoms with E-state index in [1.165, 1.54) is 0 Å². The highest BCUT2D eigenvalue weighted by molar-refractivity contribution is 6.33. The molecule has 0 aliphatic heterocycles. The fraction of sp³-hybridized carbons (Fsp3) is 0.167. The highest BCUT2D eigenvalue weighted by Crippen LogP contribution is 2.27. The number of hydrogen-bond acceptors (Lipinski definition) is 3. The van der Waals surface area contributed by atoms with Gasteiger partial charge in [0.15, 0.2) is 0 Å². The number of aliphatic hydroxyl groups is 1. The number of hydrogen-bond donors (Lipinski definition) is 3. The van der Waals surface area contributed by atoms with Crippen molar-refractivity contribution in [3.63, 3.8) is 0 Å². The number of fused-ring (bicyclic) bond motifs is 1. The van der Waals surface area contributed by atoms with Crippen LogP contribution in [-0.2, 0) is 5.60 Å². The van der Waals surface area contributed by atoms with Crippen LogP contribution < -0.4 is 10.6 Å². The van der Waals surface area contributed by atoms with E-state index in [2.05, 4.69) is 10.6 Å². The highest BCUT2D eigenvalue weighted by atomic mass is 35.5. The Kier molecular flexibility index (Phi) is 4.46. The van der Waals surface area contributed by atoms with E-state index < -0.39 is 11.6 Å². The van der Waals surface area contributed by atoms with Gasteiger partial charge in [0.1, 0.15) is 16.9 Å². The number of para-hydroxylation sites is 2. The second-order valence-electron chi connectivity index (χ2n) is 5.71. The molecule has 1 atom stereocenters. The molecule has 0 unspecified atom stereocenters. The van der Waals surface area contributed by atoms with Crippen molar-refractivity contribution in [3.05, 3.63) is 65.4 Å². The summed E-state index contributed by atoms with van der Waals surface area (Å²) in [7, 11) is 0. The zero-order valence-electron chi connectivity index (χ0n) is 13.0. The van der Waals surface area contributed by atoms with Gasteiger partial charge in [-0.15, -0.1) is 0 Å². The van der Waals surface area contributed by atoms with Crippen molar-refractivity contribution in [1.82, 2.24) is 5.32 Å². The Morgan fingerprint density at radius 3 is 2.67 bits per heavy atom.